The third kappa shape index (κ3) is 1.28. The van der Waals surface area contributed by atoms with Gasteiger partial charge in [-0.1, -0.05) is 30.3 Å². The van der Waals surface area contributed by atoms with Gasteiger partial charge in [0, 0.05) is 0 Å². The molecule has 0 aliphatic carbocycles. The van der Waals surface area contributed by atoms with Crippen LogP contribution in [-0.4, -0.2) is 10.6 Å². The second kappa shape index (κ2) is 3.36. The van der Waals surface area contributed by atoms with Crippen molar-refractivity contribution < 1.29 is 4.79 Å². The van der Waals surface area contributed by atoms with Crippen LogP contribution in [0.25, 0.3) is 11.1 Å². The van der Waals surface area contributed by atoms with Gasteiger partial charge in [-0.3, -0.25) is 0 Å². The molecule has 1 aliphatic heterocycles. The second-order valence-electron chi connectivity index (χ2n) is 2.95. The van der Waals surface area contributed by atoms with E-state index in [0.717, 1.165) is 16.8 Å². The van der Waals surface area contributed by atoms with Crippen LogP contribution < -0.4 is 0 Å². The van der Waals surface area contributed by atoms with Crippen LogP contribution >= 0.6 is 0 Å². The molecular formula is C10H8N4. The first-order valence-corrected chi connectivity index (χ1v) is 4.23. The van der Waals surface area contributed by atoms with E-state index in [0.29, 0.717) is 0 Å². The molecule has 0 fully saturated rings. The van der Waals surface area contributed by atoms with Crippen LogP contribution in [0.2, 0.25) is 0 Å². The molecule has 4 heteroatoms. The van der Waals surface area contributed by atoms with Gasteiger partial charge >= 0.3 is 5.84 Å². The highest BCUT2D eigenvalue weighted by atomic mass is 15.2. The maximum Gasteiger partial charge on any atom is 0.436 e. The minimum Gasteiger partial charge on any atom is -0.497 e. The van der Waals surface area contributed by atoms with E-state index in [9.17, 15) is 0 Å². The van der Waals surface area contributed by atoms with Crippen molar-refractivity contribution in [3.05, 3.63) is 47.1 Å². The van der Waals surface area contributed by atoms with E-state index in [4.69, 9.17) is 5.53 Å². The number of rotatable bonds is 1. The maximum atomic E-state index is 8.72. The molecule has 0 N–H and O–H groups in total. The summed E-state index contributed by atoms with van der Waals surface area (Å²) >= 11 is 0. The Morgan fingerprint density at radius 1 is 1.14 bits per heavy atom. The summed E-state index contributed by atoms with van der Waals surface area (Å²) in [7, 11) is 0. The van der Waals surface area contributed by atoms with Gasteiger partial charge in [0.15, 0.2) is 0 Å². The van der Waals surface area contributed by atoms with Crippen molar-refractivity contribution in [1.29, 1.82) is 0 Å². The van der Waals surface area contributed by atoms with Crippen molar-refractivity contribution in [1.82, 2.24) is 0 Å². The minimum atomic E-state index is 0.272. The van der Waals surface area contributed by atoms with Crippen molar-refractivity contribution in [2.24, 2.45) is 10.2 Å². The fourth-order valence-electron chi connectivity index (χ4n) is 1.40. The number of azo groups is 1. The van der Waals surface area contributed by atoms with Gasteiger partial charge in [-0.15, -0.1) is 0 Å². The molecular weight excluding hydrogens is 176 g/mol. The predicted molar refractivity (Wildman–Crippen MR) is 52.5 cm³/mol. The Bertz CT molecular complexity index is 464. The lowest BCUT2D eigenvalue weighted by Gasteiger charge is -1.96. The van der Waals surface area contributed by atoms with Crippen LogP contribution in [0.4, 0.5) is 0 Å². The van der Waals surface area contributed by atoms with Gasteiger partial charge < -0.3 is 10.3 Å². The van der Waals surface area contributed by atoms with Crippen LogP contribution in [0.15, 0.2) is 46.3 Å². The van der Waals surface area contributed by atoms with Crippen LogP contribution in [0.3, 0.4) is 0 Å². The lowest BCUT2D eigenvalue weighted by Crippen LogP contribution is -1.96. The van der Waals surface area contributed by atoms with E-state index in [1.807, 2.05) is 37.3 Å². The quantitative estimate of drug-likeness (QED) is 0.475. The Labute approximate surface area is 81.2 Å². The molecule has 0 unspecified atom stereocenters. The van der Waals surface area contributed by atoms with Gasteiger partial charge in [0.05, 0.1) is 5.11 Å². The van der Waals surface area contributed by atoms with Gasteiger partial charge in [0.25, 0.3) is 0 Å². The summed E-state index contributed by atoms with van der Waals surface area (Å²) in [6.07, 6.45) is 0. The lowest BCUT2D eigenvalue weighted by atomic mass is 10.0. The first-order valence-electron chi connectivity index (χ1n) is 4.23. The van der Waals surface area contributed by atoms with Crippen molar-refractivity contribution in [3.63, 3.8) is 0 Å². The highest BCUT2D eigenvalue weighted by Crippen LogP contribution is 2.25. The van der Waals surface area contributed by atoms with Gasteiger partial charge in [-0.05, 0) is 17.6 Å². The van der Waals surface area contributed by atoms with Crippen LogP contribution in [0.5, 0.6) is 0 Å². The van der Waals surface area contributed by atoms with Crippen molar-refractivity contribution in [3.8, 4) is 0 Å². The first-order chi connectivity index (χ1) is 6.83. The van der Waals surface area contributed by atoms with Crippen LogP contribution in [0, 0.1) is 0 Å². The van der Waals surface area contributed by atoms with Crippen molar-refractivity contribution in [2.45, 2.75) is 6.92 Å². The molecule has 0 saturated carbocycles. The summed E-state index contributed by atoms with van der Waals surface area (Å²) in [5.41, 5.74) is 11.2. The SMILES string of the molecule is CC1=C(c2ccccc2)C(=[N+]=[N-])N=N1. The maximum absolute atomic E-state index is 8.72. The van der Waals surface area contributed by atoms with Crippen LogP contribution in [-0.2, 0) is 0 Å². The molecule has 0 saturated heterocycles. The molecule has 0 spiro atoms. The van der Waals surface area contributed by atoms with E-state index in [1.165, 1.54) is 0 Å². The summed E-state index contributed by atoms with van der Waals surface area (Å²) in [6, 6.07) is 9.63. The van der Waals surface area contributed by atoms with Crippen molar-refractivity contribution >= 4 is 11.4 Å². The molecule has 14 heavy (non-hydrogen) atoms. The Morgan fingerprint density at radius 2 is 1.86 bits per heavy atom. The molecule has 4 nitrogen and oxygen atoms in total. The standard InChI is InChI=1S/C10H8N4/c1-7-9(10(12-11)14-13-7)8-5-3-2-4-6-8/h2-6H,1H3. The number of hydrogen-bond acceptors (Lipinski definition) is 1. The number of nitrogens with zero attached hydrogens (tertiary/aromatic N) is 4. The average molecular weight is 184 g/mol. The topological polar surface area (TPSA) is 61.1 Å². The van der Waals surface area contributed by atoms with Gasteiger partial charge in [0.2, 0.25) is 0 Å². The fourth-order valence-corrected chi connectivity index (χ4v) is 1.40. The van der Waals surface area contributed by atoms with Gasteiger partial charge in [0.1, 0.15) is 11.3 Å². The van der Waals surface area contributed by atoms with E-state index >= 15 is 0 Å². The highest BCUT2D eigenvalue weighted by molar-refractivity contribution is 6.22. The summed E-state index contributed by atoms with van der Waals surface area (Å²) in [5.74, 6) is 0.272. The molecule has 0 atom stereocenters. The largest absolute Gasteiger partial charge is 0.497 e. The molecule has 0 aromatic heterocycles. The van der Waals surface area contributed by atoms with Crippen molar-refractivity contribution in [2.75, 3.05) is 0 Å². The zero-order valence-corrected chi connectivity index (χ0v) is 7.68. The average Bonchev–Trinajstić information content (AvgIpc) is 2.61. The fraction of sp³-hybridized carbons (Fsp3) is 0.100. The van der Waals surface area contributed by atoms with E-state index in [-0.39, 0.29) is 5.84 Å². The van der Waals surface area contributed by atoms with E-state index in [1.54, 1.807) is 0 Å². The Kier molecular flexibility index (Phi) is 2.05. The molecule has 1 aromatic rings. The van der Waals surface area contributed by atoms with E-state index in [2.05, 4.69) is 15.0 Å². The van der Waals surface area contributed by atoms with Gasteiger partial charge in [-0.2, -0.15) is 0 Å². The third-order valence-corrected chi connectivity index (χ3v) is 2.04. The first kappa shape index (κ1) is 8.53. The van der Waals surface area contributed by atoms with Gasteiger partial charge in [-0.25, -0.2) is 0 Å². The van der Waals surface area contributed by atoms with E-state index < -0.39 is 0 Å². The minimum absolute atomic E-state index is 0.272. The summed E-state index contributed by atoms with van der Waals surface area (Å²) in [5, 5.41) is 7.60. The number of hydrogen-bond donors (Lipinski definition) is 0. The molecule has 1 heterocycles. The third-order valence-electron chi connectivity index (χ3n) is 2.04. The summed E-state index contributed by atoms with van der Waals surface area (Å²) < 4.78 is 0. The molecule has 1 aliphatic rings. The smallest absolute Gasteiger partial charge is 0.436 e. The number of benzene rings is 1. The molecule has 1 aromatic carbocycles. The summed E-state index contributed by atoms with van der Waals surface area (Å²) in [4.78, 5) is 3.09. The number of allylic oxidation sites excluding steroid dienone is 1. The predicted octanol–water partition coefficient (Wildman–Crippen LogP) is 2.51. The molecule has 2 rings (SSSR count). The van der Waals surface area contributed by atoms with Crippen LogP contribution in [0.1, 0.15) is 12.5 Å². The molecule has 0 amide bonds. The normalized spacial score (nSPS) is 14.8. The molecule has 0 bridgehead atoms. The Morgan fingerprint density at radius 3 is 2.50 bits per heavy atom. The second-order valence-corrected chi connectivity index (χ2v) is 2.95. The Hall–Kier alpha value is -2.06. The highest BCUT2D eigenvalue weighted by Gasteiger charge is 2.27. The molecule has 0 radical (unpaired) electrons. The Balaban J connectivity index is 2.56. The summed E-state index contributed by atoms with van der Waals surface area (Å²) in [6.45, 7) is 1.84. The zero-order valence-electron chi connectivity index (χ0n) is 7.68. The monoisotopic (exact) mass is 184 g/mol. The molecule has 68 valence electrons. The lowest BCUT2D eigenvalue weighted by molar-refractivity contribution is -0.00406. The number of amidine groups is 1. The zero-order chi connectivity index (χ0) is 9.97.